The van der Waals surface area contributed by atoms with Crippen molar-refractivity contribution in [2.24, 2.45) is 0 Å². The molecule has 13 heavy (non-hydrogen) atoms. The van der Waals surface area contributed by atoms with E-state index in [1.807, 2.05) is 0 Å². The first-order chi connectivity index (χ1) is 6.08. The highest BCUT2D eigenvalue weighted by atomic mass is 31.2. The first-order valence-corrected chi connectivity index (χ1v) is 4.89. The molecule has 0 fully saturated rings. The van der Waals surface area contributed by atoms with Crippen molar-refractivity contribution in [3.8, 4) is 0 Å². The molecule has 0 spiro atoms. The molecule has 0 saturated carbocycles. The molecule has 0 heterocycles. The van der Waals surface area contributed by atoms with E-state index in [1.165, 1.54) is 27.6 Å². The smallest absolute Gasteiger partial charge is 0.410 e. The van der Waals surface area contributed by atoms with Gasteiger partial charge < -0.3 is 4.52 Å². The maximum absolute atomic E-state index is 11.3. The zero-order valence-electron chi connectivity index (χ0n) is 8.07. The van der Waals surface area contributed by atoms with Crippen LogP contribution in [0.25, 0.3) is 0 Å². The maximum Gasteiger partial charge on any atom is 0.528 e. The van der Waals surface area contributed by atoms with Crippen LogP contribution in [0.2, 0.25) is 0 Å². The minimum absolute atomic E-state index is 0.539. The van der Waals surface area contributed by atoms with Gasteiger partial charge in [0.05, 0.1) is 12.8 Å². The van der Waals surface area contributed by atoms with Gasteiger partial charge in [0.25, 0.3) is 0 Å². The number of allylic oxidation sites excluding steroid dienone is 1. The van der Waals surface area contributed by atoms with Crippen LogP contribution < -0.4 is 5.48 Å². The van der Waals surface area contributed by atoms with Crippen molar-refractivity contribution in [2.45, 2.75) is 6.92 Å². The molecule has 0 aromatic rings. The van der Waals surface area contributed by atoms with Crippen LogP contribution in [-0.4, -0.2) is 21.3 Å². The number of hydrogen-bond acceptors (Lipinski definition) is 6. The number of nitrogens with one attached hydrogen (secondary N) is 1. The highest BCUT2D eigenvalue weighted by Gasteiger charge is 2.22. The average molecular weight is 211 g/mol. The molecule has 0 aliphatic heterocycles. The predicted molar refractivity (Wildman–Crippen MR) is 46.6 cm³/mol. The molecule has 6 nitrogen and oxygen atoms in total. The number of phosphoric ester groups is 1. The Bertz CT molecular complexity index is 209. The maximum atomic E-state index is 11.3. The van der Waals surface area contributed by atoms with E-state index in [0.29, 0.717) is 5.70 Å². The van der Waals surface area contributed by atoms with Gasteiger partial charge in [-0.15, -0.1) is 0 Å². The Labute approximate surface area is 77.4 Å². The summed E-state index contributed by atoms with van der Waals surface area (Å²) < 4.78 is 25.1. The van der Waals surface area contributed by atoms with Crippen molar-refractivity contribution < 1.29 is 23.0 Å². The van der Waals surface area contributed by atoms with Gasteiger partial charge in [0, 0.05) is 14.2 Å². The van der Waals surface area contributed by atoms with Crippen LogP contribution in [-0.2, 0) is 23.0 Å². The fourth-order valence-electron chi connectivity index (χ4n) is 0.489. The molecule has 0 bridgehead atoms. The molecule has 0 saturated heterocycles. The second-order valence-electron chi connectivity index (χ2n) is 2.02. The van der Waals surface area contributed by atoms with Gasteiger partial charge in [-0.1, -0.05) is 0 Å². The van der Waals surface area contributed by atoms with E-state index in [9.17, 15) is 4.57 Å². The van der Waals surface area contributed by atoms with E-state index in [2.05, 4.69) is 19.4 Å². The number of hydrogen-bond donors (Lipinski definition) is 1. The van der Waals surface area contributed by atoms with E-state index in [4.69, 9.17) is 4.52 Å². The Morgan fingerprint density at radius 2 is 1.85 bits per heavy atom. The van der Waals surface area contributed by atoms with Gasteiger partial charge >= 0.3 is 7.82 Å². The Morgan fingerprint density at radius 3 is 2.23 bits per heavy atom. The summed E-state index contributed by atoms with van der Waals surface area (Å²) >= 11 is 0. The van der Waals surface area contributed by atoms with Crippen LogP contribution >= 0.6 is 7.82 Å². The average Bonchev–Trinajstić information content (AvgIpc) is 2.15. The molecule has 0 atom stereocenters. The van der Waals surface area contributed by atoms with Gasteiger partial charge in [0.1, 0.15) is 6.26 Å². The first-order valence-electron chi connectivity index (χ1n) is 3.43. The summed E-state index contributed by atoms with van der Waals surface area (Å²) in [6, 6.07) is 0. The molecule has 0 unspecified atom stereocenters. The van der Waals surface area contributed by atoms with Crippen LogP contribution in [0.15, 0.2) is 12.0 Å². The zero-order valence-corrected chi connectivity index (χ0v) is 8.96. The van der Waals surface area contributed by atoms with Gasteiger partial charge in [0.2, 0.25) is 0 Å². The van der Waals surface area contributed by atoms with E-state index in [0.717, 1.165) is 0 Å². The van der Waals surface area contributed by atoms with E-state index < -0.39 is 7.82 Å². The third-order valence-corrected chi connectivity index (χ3v) is 2.33. The van der Waals surface area contributed by atoms with Crippen LogP contribution in [0.5, 0.6) is 0 Å². The number of hydroxylamine groups is 1. The minimum atomic E-state index is -3.43. The topological polar surface area (TPSA) is 66.0 Å². The van der Waals surface area contributed by atoms with E-state index >= 15 is 0 Å². The monoisotopic (exact) mass is 211 g/mol. The zero-order chi connectivity index (χ0) is 10.3. The summed E-state index contributed by atoms with van der Waals surface area (Å²) in [5.41, 5.74) is 3.01. The van der Waals surface area contributed by atoms with Crippen molar-refractivity contribution in [1.82, 2.24) is 5.48 Å². The van der Waals surface area contributed by atoms with Gasteiger partial charge in [-0.25, -0.2) is 4.57 Å². The lowest BCUT2D eigenvalue weighted by molar-refractivity contribution is 0.114. The molecular weight excluding hydrogens is 197 g/mol. The third-order valence-electron chi connectivity index (χ3n) is 1.07. The second kappa shape index (κ2) is 5.99. The third kappa shape index (κ3) is 4.90. The Hall–Kier alpha value is -0.550. The van der Waals surface area contributed by atoms with Gasteiger partial charge in [-0.2, -0.15) is 0 Å². The molecular formula is C6H14NO5P. The standard InChI is InChI=1S/C6H14NO5P/c1-6(7-9-2)5-12-13(8,10-3)11-4/h5,7H,1-4H3. The molecule has 7 heteroatoms. The molecule has 0 radical (unpaired) electrons. The predicted octanol–water partition coefficient (Wildman–Crippen LogP) is 1.42. The molecule has 0 rings (SSSR count). The SMILES string of the molecule is CONC(C)=COP(=O)(OC)OC. The fraction of sp³-hybridized carbons (Fsp3) is 0.667. The molecule has 0 amide bonds. The van der Waals surface area contributed by atoms with Gasteiger partial charge in [-0.05, 0) is 6.92 Å². The van der Waals surface area contributed by atoms with Crippen LogP contribution in [0, 0.1) is 0 Å². The number of rotatable bonds is 6. The summed E-state index contributed by atoms with van der Waals surface area (Å²) in [5.74, 6) is 0. The van der Waals surface area contributed by atoms with Crippen molar-refractivity contribution in [1.29, 1.82) is 0 Å². The van der Waals surface area contributed by atoms with Gasteiger partial charge in [0.15, 0.2) is 0 Å². The summed E-state index contributed by atoms with van der Waals surface area (Å²) in [6.07, 6.45) is 1.19. The number of phosphoric acid groups is 1. The molecule has 0 aliphatic carbocycles. The Balaban J connectivity index is 4.12. The lowest BCUT2D eigenvalue weighted by Gasteiger charge is -2.11. The Morgan fingerprint density at radius 1 is 1.31 bits per heavy atom. The quantitative estimate of drug-likeness (QED) is 0.407. The fourth-order valence-corrected chi connectivity index (χ4v) is 1.10. The minimum Gasteiger partial charge on any atom is -0.410 e. The van der Waals surface area contributed by atoms with Gasteiger partial charge in [-0.3, -0.25) is 19.4 Å². The lowest BCUT2D eigenvalue weighted by atomic mass is 10.6. The molecule has 0 aromatic carbocycles. The first kappa shape index (κ1) is 12.4. The van der Waals surface area contributed by atoms with Crippen molar-refractivity contribution in [3.63, 3.8) is 0 Å². The molecule has 0 aliphatic rings. The summed E-state index contributed by atoms with van der Waals surface area (Å²) in [5, 5.41) is 0. The molecule has 78 valence electrons. The summed E-state index contributed by atoms with van der Waals surface area (Å²) in [7, 11) is 0.484. The largest absolute Gasteiger partial charge is 0.528 e. The summed E-state index contributed by atoms with van der Waals surface area (Å²) in [4.78, 5) is 4.57. The van der Waals surface area contributed by atoms with E-state index in [-0.39, 0.29) is 0 Å². The molecule has 1 N–H and O–H groups in total. The van der Waals surface area contributed by atoms with Crippen molar-refractivity contribution in [3.05, 3.63) is 12.0 Å². The van der Waals surface area contributed by atoms with Crippen molar-refractivity contribution >= 4 is 7.82 Å². The lowest BCUT2D eigenvalue weighted by Crippen LogP contribution is -2.08. The Kier molecular flexibility index (Phi) is 5.73. The van der Waals surface area contributed by atoms with Crippen LogP contribution in [0.4, 0.5) is 0 Å². The molecule has 0 aromatic heterocycles. The summed E-state index contributed by atoms with van der Waals surface area (Å²) in [6.45, 7) is 1.67. The normalized spacial score (nSPS) is 12.8. The highest BCUT2D eigenvalue weighted by molar-refractivity contribution is 7.48. The highest BCUT2D eigenvalue weighted by Crippen LogP contribution is 2.47. The van der Waals surface area contributed by atoms with Crippen molar-refractivity contribution in [2.75, 3.05) is 21.3 Å². The second-order valence-corrected chi connectivity index (χ2v) is 3.86. The van der Waals surface area contributed by atoms with Crippen LogP contribution in [0.1, 0.15) is 6.92 Å². The van der Waals surface area contributed by atoms with E-state index in [1.54, 1.807) is 6.92 Å². The van der Waals surface area contributed by atoms with Crippen LogP contribution in [0.3, 0.4) is 0 Å².